The van der Waals surface area contributed by atoms with Crippen molar-refractivity contribution in [1.82, 2.24) is 15.0 Å². The van der Waals surface area contributed by atoms with Gasteiger partial charge in [0.15, 0.2) is 0 Å². The highest BCUT2D eigenvalue weighted by Crippen LogP contribution is 2.36. The van der Waals surface area contributed by atoms with Crippen LogP contribution in [0.4, 0.5) is 17.1 Å². The number of nitrogens with two attached hydrogens (primary N) is 2. The zero-order chi connectivity index (χ0) is 40.0. The van der Waals surface area contributed by atoms with E-state index in [-0.39, 0.29) is 17.1 Å². The number of ether oxygens (including phenoxy) is 3. The van der Waals surface area contributed by atoms with Crippen LogP contribution in [0.25, 0.3) is 32.7 Å². The van der Waals surface area contributed by atoms with E-state index in [1.807, 2.05) is 68.4 Å². The van der Waals surface area contributed by atoms with Crippen LogP contribution in [-0.2, 0) is 0 Å². The first-order chi connectivity index (χ1) is 25.7. The van der Waals surface area contributed by atoms with Crippen molar-refractivity contribution in [3.05, 3.63) is 89.9 Å². The minimum absolute atomic E-state index is 0.0138. The fourth-order valence-electron chi connectivity index (χ4n) is 5.85. The van der Waals surface area contributed by atoms with Crippen LogP contribution in [-0.4, -0.2) is 49.5 Å². The molecule has 0 radical (unpaired) electrons. The van der Waals surface area contributed by atoms with Crippen molar-refractivity contribution in [2.45, 2.75) is 79.1 Å². The van der Waals surface area contributed by atoms with E-state index in [9.17, 15) is 14.4 Å². The van der Waals surface area contributed by atoms with Gasteiger partial charge in [0.25, 0.3) is 17.7 Å². The number of benzene rings is 3. The maximum absolute atomic E-state index is 14.1. The summed E-state index contributed by atoms with van der Waals surface area (Å²) >= 11 is 0. The molecule has 0 fully saturated rings. The van der Waals surface area contributed by atoms with Crippen molar-refractivity contribution >= 4 is 67.5 Å². The van der Waals surface area contributed by atoms with E-state index < -0.39 is 34.5 Å². The number of fused-ring (bicyclic) bond motifs is 3. The standard InChI is InChI=1S/C42H45N7O6/c1-40(2,3)53-31-19-28(37(44)50)45-35-23(31)14-11-17-26(35)48-39(52)30-21-33(55-42(7,8)9)24-15-12-18-27(36(24)47-30)49-38(51)29-20-32(54-41(4,5)6)22-13-10-16-25(43)34(22)46-29/h10-21H,43H2,1-9H3,(H2,44,50)(H,48,52)(H,49,51). The van der Waals surface area contributed by atoms with Gasteiger partial charge in [0.2, 0.25) is 0 Å². The normalized spacial score (nSPS) is 12.1. The molecule has 3 heterocycles. The zero-order valence-electron chi connectivity index (χ0n) is 32.4. The predicted octanol–water partition coefficient (Wildman–Crippen LogP) is 8.05. The SMILES string of the molecule is CC(C)(C)Oc1cc(C(=O)Nc2cccc3c(OC(C)(C)C)cc(C(=O)Nc4cccc5c(OC(C)(C)C)cc(C(N)=O)nc45)nc23)nc2c(N)cccc12. The Bertz CT molecular complexity index is 2510. The molecule has 6 aromatic rings. The van der Waals surface area contributed by atoms with E-state index in [1.165, 1.54) is 6.07 Å². The van der Waals surface area contributed by atoms with E-state index in [0.29, 0.717) is 67.0 Å². The number of para-hydroxylation sites is 3. The van der Waals surface area contributed by atoms with Crippen LogP contribution in [0.1, 0.15) is 93.8 Å². The van der Waals surface area contributed by atoms with Crippen LogP contribution >= 0.6 is 0 Å². The van der Waals surface area contributed by atoms with Gasteiger partial charge in [-0.05, 0) is 98.7 Å². The van der Waals surface area contributed by atoms with Crippen LogP contribution < -0.4 is 36.3 Å². The molecular formula is C42H45N7O6. The number of nitrogens with zero attached hydrogens (tertiary/aromatic N) is 3. The van der Waals surface area contributed by atoms with Crippen molar-refractivity contribution in [3.63, 3.8) is 0 Å². The van der Waals surface area contributed by atoms with Crippen molar-refractivity contribution < 1.29 is 28.6 Å². The van der Waals surface area contributed by atoms with Gasteiger partial charge < -0.3 is 36.3 Å². The van der Waals surface area contributed by atoms with Gasteiger partial charge in [0.1, 0.15) is 51.1 Å². The van der Waals surface area contributed by atoms with Crippen LogP contribution in [0.15, 0.2) is 72.8 Å². The fraction of sp³-hybridized carbons (Fsp3) is 0.286. The number of nitrogen functional groups attached to an aromatic ring is 1. The largest absolute Gasteiger partial charge is 0.487 e. The number of primary amides is 1. The number of hydrogen-bond donors (Lipinski definition) is 4. The highest BCUT2D eigenvalue weighted by molar-refractivity contribution is 6.13. The van der Waals surface area contributed by atoms with E-state index in [4.69, 9.17) is 30.7 Å². The molecule has 6 N–H and O–H groups in total. The molecule has 3 amide bonds. The Labute approximate surface area is 318 Å². The number of carbonyl (C=O) groups excluding carboxylic acids is 3. The number of amides is 3. The summed E-state index contributed by atoms with van der Waals surface area (Å²) in [6.45, 7) is 17.0. The average molecular weight is 744 g/mol. The van der Waals surface area contributed by atoms with Gasteiger partial charge in [-0.15, -0.1) is 0 Å². The maximum Gasteiger partial charge on any atom is 0.274 e. The molecule has 13 nitrogen and oxygen atoms in total. The number of nitrogens with one attached hydrogen (secondary N) is 2. The molecule has 0 unspecified atom stereocenters. The molecular weight excluding hydrogens is 699 g/mol. The van der Waals surface area contributed by atoms with Gasteiger partial charge in [-0.3, -0.25) is 14.4 Å². The second-order valence-electron chi connectivity index (χ2n) is 16.1. The topological polar surface area (TPSA) is 194 Å². The van der Waals surface area contributed by atoms with E-state index >= 15 is 0 Å². The Morgan fingerprint density at radius 1 is 0.527 bits per heavy atom. The molecule has 0 aliphatic carbocycles. The molecule has 0 aliphatic heterocycles. The van der Waals surface area contributed by atoms with Crippen molar-refractivity contribution in [2.75, 3.05) is 16.4 Å². The van der Waals surface area contributed by atoms with Crippen molar-refractivity contribution in [2.24, 2.45) is 5.73 Å². The third-order valence-corrected chi connectivity index (χ3v) is 7.90. The molecule has 3 aromatic carbocycles. The van der Waals surface area contributed by atoms with Gasteiger partial charge >= 0.3 is 0 Å². The van der Waals surface area contributed by atoms with Crippen molar-refractivity contribution in [1.29, 1.82) is 0 Å². The smallest absolute Gasteiger partial charge is 0.274 e. The summed E-state index contributed by atoms with van der Waals surface area (Å²) in [5.74, 6) is -0.705. The summed E-state index contributed by atoms with van der Waals surface area (Å²) in [7, 11) is 0. The molecule has 0 aliphatic rings. The molecule has 13 heteroatoms. The number of carbonyl (C=O) groups is 3. The summed E-state index contributed by atoms with van der Waals surface area (Å²) in [6.07, 6.45) is 0. The third-order valence-electron chi connectivity index (χ3n) is 7.90. The van der Waals surface area contributed by atoms with Crippen LogP contribution in [0.3, 0.4) is 0 Å². The van der Waals surface area contributed by atoms with Gasteiger partial charge in [0.05, 0.1) is 33.6 Å². The highest BCUT2D eigenvalue weighted by Gasteiger charge is 2.24. The third kappa shape index (κ3) is 8.67. The monoisotopic (exact) mass is 743 g/mol. The Morgan fingerprint density at radius 3 is 1.27 bits per heavy atom. The first kappa shape index (κ1) is 38.2. The maximum atomic E-state index is 14.1. The molecule has 0 atom stereocenters. The van der Waals surface area contributed by atoms with Crippen molar-refractivity contribution in [3.8, 4) is 17.2 Å². The summed E-state index contributed by atoms with van der Waals surface area (Å²) in [4.78, 5) is 54.2. The molecule has 3 aromatic heterocycles. The van der Waals surface area contributed by atoms with Gasteiger partial charge in [-0.2, -0.15) is 0 Å². The molecule has 0 spiro atoms. The Morgan fingerprint density at radius 2 is 0.873 bits per heavy atom. The number of pyridine rings is 3. The second-order valence-corrected chi connectivity index (χ2v) is 16.1. The predicted molar refractivity (Wildman–Crippen MR) is 215 cm³/mol. The van der Waals surface area contributed by atoms with E-state index in [0.717, 1.165) is 0 Å². The summed E-state index contributed by atoms with van der Waals surface area (Å²) in [6, 6.07) is 20.3. The van der Waals surface area contributed by atoms with Gasteiger partial charge in [-0.1, -0.05) is 18.2 Å². The van der Waals surface area contributed by atoms with Gasteiger partial charge in [0, 0.05) is 34.4 Å². The lowest BCUT2D eigenvalue weighted by Gasteiger charge is -2.24. The Kier molecular flexibility index (Phi) is 9.77. The zero-order valence-corrected chi connectivity index (χ0v) is 32.4. The summed E-state index contributed by atoms with van der Waals surface area (Å²) < 4.78 is 18.7. The Balaban J connectivity index is 1.43. The van der Waals surface area contributed by atoms with Crippen LogP contribution in [0.5, 0.6) is 17.2 Å². The van der Waals surface area contributed by atoms with Crippen LogP contribution in [0.2, 0.25) is 0 Å². The number of aromatic nitrogens is 3. The molecule has 0 saturated carbocycles. The summed E-state index contributed by atoms with van der Waals surface area (Å²) in [5.41, 5.74) is 12.1. The number of rotatable bonds is 8. The Hall–Kier alpha value is -6.50. The lowest BCUT2D eigenvalue weighted by Crippen LogP contribution is -2.24. The van der Waals surface area contributed by atoms with E-state index in [1.54, 1.807) is 60.7 Å². The first-order valence-electron chi connectivity index (χ1n) is 17.7. The number of anilines is 3. The average Bonchev–Trinajstić information content (AvgIpc) is 3.07. The molecule has 0 saturated heterocycles. The molecule has 0 bridgehead atoms. The van der Waals surface area contributed by atoms with E-state index in [2.05, 4.69) is 20.6 Å². The minimum atomic E-state index is -0.753. The quantitative estimate of drug-likeness (QED) is 0.111. The second kappa shape index (κ2) is 14.0. The minimum Gasteiger partial charge on any atom is -0.487 e. The molecule has 6 rings (SSSR count). The lowest BCUT2D eigenvalue weighted by atomic mass is 10.1. The lowest BCUT2D eigenvalue weighted by molar-refractivity contribution is 0.0989. The fourth-order valence-corrected chi connectivity index (χ4v) is 5.85. The number of hydrogen-bond acceptors (Lipinski definition) is 10. The molecule has 55 heavy (non-hydrogen) atoms. The molecule has 284 valence electrons. The summed E-state index contributed by atoms with van der Waals surface area (Å²) in [5, 5.41) is 7.61. The highest BCUT2D eigenvalue weighted by atomic mass is 16.5. The van der Waals surface area contributed by atoms with Gasteiger partial charge in [-0.25, -0.2) is 15.0 Å². The van der Waals surface area contributed by atoms with Crippen LogP contribution in [0, 0.1) is 0 Å². The first-order valence-corrected chi connectivity index (χ1v) is 17.7.